The first-order valence-electron chi connectivity index (χ1n) is 11.5. The molecule has 5 rings (SSSR count). The van der Waals surface area contributed by atoms with Crippen molar-refractivity contribution in [3.8, 4) is 0 Å². The maximum Gasteiger partial charge on any atom is 0.255 e. The summed E-state index contributed by atoms with van der Waals surface area (Å²) in [7, 11) is 0. The Bertz CT molecular complexity index is 1070. The lowest BCUT2D eigenvalue weighted by Gasteiger charge is -2.36. The van der Waals surface area contributed by atoms with Gasteiger partial charge in [0.25, 0.3) is 5.91 Å². The molecule has 2 aliphatic heterocycles. The lowest BCUT2D eigenvalue weighted by atomic mass is 10.0. The highest BCUT2D eigenvalue weighted by Crippen LogP contribution is 2.22. The molecular weight excluding hydrogens is 417 g/mol. The first-order chi connectivity index (χ1) is 16.2. The van der Waals surface area contributed by atoms with E-state index in [1.54, 1.807) is 18.3 Å². The summed E-state index contributed by atoms with van der Waals surface area (Å²) in [5.41, 5.74) is 2.87. The Morgan fingerprint density at radius 2 is 1.64 bits per heavy atom. The van der Waals surface area contributed by atoms with E-state index in [-0.39, 0.29) is 17.8 Å². The maximum absolute atomic E-state index is 13.2. The summed E-state index contributed by atoms with van der Waals surface area (Å²) < 4.78 is 13.2. The molecule has 1 N–H and O–H groups in total. The topological polar surface area (TPSA) is 51.7 Å². The van der Waals surface area contributed by atoms with Crippen LogP contribution < -0.4 is 15.1 Å². The van der Waals surface area contributed by atoms with Crippen LogP contribution in [0, 0.1) is 5.82 Å². The molecule has 0 saturated carbocycles. The second-order valence-electron chi connectivity index (χ2n) is 8.52. The van der Waals surface area contributed by atoms with Crippen LogP contribution in [0.3, 0.4) is 0 Å². The number of nitrogens with one attached hydrogen (secondary N) is 1. The van der Waals surface area contributed by atoms with Crippen molar-refractivity contribution in [2.45, 2.75) is 6.04 Å². The third-order valence-corrected chi connectivity index (χ3v) is 6.45. The van der Waals surface area contributed by atoms with Crippen molar-refractivity contribution in [1.29, 1.82) is 0 Å². The standard InChI is InChI=1S/C26H28FN5O/c27-22-7-9-23(10-8-22)30-14-16-31(17-15-30)26(33)21-6-11-25(29-18-21)32-13-12-28-24(19-32)20-4-2-1-3-5-20/h1-11,18,24,28H,12-17,19H2/t24-/m0/s1. The third kappa shape index (κ3) is 4.83. The summed E-state index contributed by atoms with van der Waals surface area (Å²) in [4.78, 5) is 23.9. The van der Waals surface area contributed by atoms with E-state index in [9.17, 15) is 9.18 Å². The molecule has 7 heteroatoms. The zero-order chi connectivity index (χ0) is 22.6. The monoisotopic (exact) mass is 445 g/mol. The van der Waals surface area contributed by atoms with E-state index in [0.717, 1.165) is 44.2 Å². The number of anilines is 2. The van der Waals surface area contributed by atoms with Gasteiger partial charge in [0.05, 0.1) is 5.56 Å². The highest BCUT2D eigenvalue weighted by atomic mass is 19.1. The van der Waals surface area contributed by atoms with Gasteiger partial charge < -0.3 is 20.0 Å². The van der Waals surface area contributed by atoms with E-state index in [1.807, 2.05) is 23.1 Å². The summed E-state index contributed by atoms with van der Waals surface area (Å²) in [6, 6.07) is 21.1. The average molecular weight is 446 g/mol. The number of benzene rings is 2. The molecule has 0 aliphatic carbocycles. The van der Waals surface area contributed by atoms with Crippen LogP contribution in [0.15, 0.2) is 72.9 Å². The van der Waals surface area contributed by atoms with Crippen molar-refractivity contribution < 1.29 is 9.18 Å². The van der Waals surface area contributed by atoms with Crippen molar-refractivity contribution in [2.24, 2.45) is 0 Å². The second kappa shape index (κ2) is 9.58. The van der Waals surface area contributed by atoms with Crippen LogP contribution in [0.4, 0.5) is 15.9 Å². The second-order valence-corrected chi connectivity index (χ2v) is 8.52. The van der Waals surface area contributed by atoms with Gasteiger partial charge in [-0.2, -0.15) is 0 Å². The highest BCUT2D eigenvalue weighted by Gasteiger charge is 2.24. The van der Waals surface area contributed by atoms with E-state index in [2.05, 4.69) is 44.4 Å². The molecule has 33 heavy (non-hydrogen) atoms. The van der Waals surface area contributed by atoms with Gasteiger partial charge in [-0.15, -0.1) is 0 Å². The number of rotatable bonds is 4. The molecule has 6 nitrogen and oxygen atoms in total. The zero-order valence-electron chi connectivity index (χ0n) is 18.5. The molecule has 1 amide bonds. The number of hydrogen-bond acceptors (Lipinski definition) is 5. The minimum atomic E-state index is -0.236. The smallest absolute Gasteiger partial charge is 0.255 e. The summed E-state index contributed by atoms with van der Waals surface area (Å²) in [6.45, 7) is 5.34. The van der Waals surface area contributed by atoms with Gasteiger partial charge >= 0.3 is 0 Å². The number of halogens is 1. The minimum Gasteiger partial charge on any atom is -0.368 e. The van der Waals surface area contributed by atoms with Gasteiger partial charge in [0, 0.05) is 63.7 Å². The Hall–Kier alpha value is -3.45. The summed E-state index contributed by atoms with van der Waals surface area (Å²) in [6.07, 6.45) is 1.70. The van der Waals surface area contributed by atoms with Crippen molar-refractivity contribution in [3.05, 3.63) is 89.9 Å². The van der Waals surface area contributed by atoms with E-state index in [0.29, 0.717) is 18.7 Å². The molecule has 3 aromatic rings. The van der Waals surface area contributed by atoms with Gasteiger partial charge in [-0.25, -0.2) is 9.37 Å². The van der Waals surface area contributed by atoms with E-state index in [1.165, 1.54) is 17.7 Å². The van der Waals surface area contributed by atoms with Crippen LogP contribution in [0.25, 0.3) is 0 Å². The van der Waals surface area contributed by atoms with Crippen LogP contribution in [0.1, 0.15) is 22.0 Å². The summed E-state index contributed by atoms with van der Waals surface area (Å²) in [5.74, 6) is 0.672. The predicted octanol–water partition coefficient (Wildman–Crippen LogP) is 3.33. The lowest BCUT2D eigenvalue weighted by Crippen LogP contribution is -2.48. The number of amides is 1. The Morgan fingerprint density at radius 1 is 0.879 bits per heavy atom. The van der Waals surface area contributed by atoms with Gasteiger partial charge in [0.2, 0.25) is 0 Å². The van der Waals surface area contributed by atoms with Gasteiger partial charge in [0.1, 0.15) is 11.6 Å². The fourth-order valence-corrected chi connectivity index (χ4v) is 4.57. The number of pyridine rings is 1. The van der Waals surface area contributed by atoms with E-state index >= 15 is 0 Å². The van der Waals surface area contributed by atoms with E-state index < -0.39 is 0 Å². The van der Waals surface area contributed by atoms with Crippen LogP contribution in [0.2, 0.25) is 0 Å². The Kier molecular flexibility index (Phi) is 6.21. The molecule has 170 valence electrons. The predicted molar refractivity (Wildman–Crippen MR) is 128 cm³/mol. The van der Waals surface area contributed by atoms with Gasteiger partial charge in [-0.1, -0.05) is 30.3 Å². The normalized spacial score (nSPS) is 18.9. The first kappa shape index (κ1) is 21.4. The third-order valence-electron chi connectivity index (χ3n) is 6.45. The highest BCUT2D eigenvalue weighted by molar-refractivity contribution is 5.94. The van der Waals surface area contributed by atoms with Crippen LogP contribution >= 0.6 is 0 Å². The summed E-state index contributed by atoms with van der Waals surface area (Å²) >= 11 is 0. The number of piperazine rings is 2. The number of carbonyl (C=O) groups is 1. The van der Waals surface area contributed by atoms with Gasteiger partial charge in [-0.05, 0) is 42.0 Å². The SMILES string of the molecule is O=C(c1ccc(N2CCN[C@H](c3ccccc3)C2)nc1)N1CCN(c2ccc(F)cc2)CC1. The zero-order valence-corrected chi connectivity index (χ0v) is 18.5. The van der Waals surface area contributed by atoms with Crippen LogP contribution in [-0.2, 0) is 0 Å². The number of hydrogen-bond donors (Lipinski definition) is 1. The molecule has 2 fully saturated rings. The van der Waals surface area contributed by atoms with Crippen LogP contribution in [-0.4, -0.2) is 61.6 Å². The summed E-state index contributed by atoms with van der Waals surface area (Å²) in [5, 5.41) is 3.57. The molecule has 0 radical (unpaired) electrons. The van der Waals surface area contributed by atoms with Crippen molar-refractivity contribution >= 4 is 17.4 Å². The Labute approximate surface area is 193 Å². The van der Waals surface area contributed by atoms with Crippen LogP contribution in [0.5, 0.6) is 0 Å². The molecule has 0 unspecified atom stereocenters. The lowest BCUT2D eigenvalue weighted by molar-refractivity contribution is 0.0746. The Morgan fingerprint density at radius 3 is 2.33 bits per heavy atom. The molecular formula is C26H28FN5O. The maximum atomic E-state index is 13.2. The number of nitrogens with zero attached hydrogens (tertiary/aromatic N) is 4. The first-order valence-corrected chi connectivity index (χ1v) is 11.5. The molecule has 1 atom stereocenters. The van der Waals surface area contributed by atoms with Gasteiger partial charge in [-0.3, -0.25) is 4.79 Å². The molecule has 2 saturated heterocycles. The number of carbonyl (C=O) groups excluding carboxylic acids is 1. The molecule has 3 heterocycles. The molecule has 0 bridgehead atoms. The molecule has 0 spiro atoms. The van der Waals surface area contributed by atoms with E-state index in [4.69, 9.17) is 0 Å². The minimum absolute atomic E-state index is 0.00952. The molecule has 2 aromatic carbocycles. The quantitative estimate of drug-likeness (QED) is 0.668. The van der Waals surface area contributed by atoms with Crippen molar-refractivity contribution in [2.75, 3.05) is 55.6 Å². The van der Waals surface area contributed by atoms with Crippen molar-refractivity contribution in [3.63, 3.8) is 0 Å². The van der Waals surface area contributed by atoms with Crippen molar-refractivity contribution in [1.82, 2.24) is 15.2 Å². The number of aromatic nitrogens is 1. The van der Waals surface area contributed by atoms with Gasteiger partial charge in [0.15, 0.2) is 0 Å². The fraction of sp³-hybridized carbons (Fsp3) is 0.308. The molecule has 1 aromatic heterocycles. The largest absolute Gasteiger partial charge is 0.368 e. The molecule has 2 aliphatic rings. The Balaban J connectivity index is 1.19. The fourth-order valence-electron chi connectivity index (χ4n) is 4.57. The average Bonchev–Trinajstić information content (AvgIpc) is 2.89.